The second kappa shape index (κ2) is 7.79. The standard InChI is InChI=1S/C24H20N6O2S/c1-15-9-10-18(12-16(15)2)33(31,32)22-21-24(29-20-8-4-3-7-19(20)28-21)30(23(22)25)27-14-17-6-5-11-26-13-17/h3-14H,25H2,1-2H3/b27-14-. The Morgan fingerprint density at radius 1 is 0.970 bits per heavy atom. The number of nitrogens with two attached hydrogens (primary N) is 1. The summed E-state index contributed by atoms with van der Waals surface area (Å²) in [5, 5.41) is 4.43. The Labute approximate surface area is 190 Å². The predicted octanol–water partition coefficient (Wildman–Crippen LogP) is 3.89. The van der Waals surface area contributed by atoms with E-state index in [1.165, 1.54) is 4.68 Å². The van der Waals surface area contributed by atoms with E-state index in [9.17, 15) is 8.42 Å². The fourth-order valence-electron chi connectivity index (χ4n) is 3.58. The van der Waals surface area contributed by atoms with Gasteiger partial charge in [-0.3, -0.25) is 4.98 Å². The summed E-state index contributed by atoms with van der Waals surface area (Å²) >= 11 is 0. The number of pyridine rings is 1. The molecule has 8 nitrogen and oxygen atoms in total. The van der Waals surface area contributed by atoms with E-state index >= 15 is 0 Å². The van der Waals surface area contributed by atoms with Gasteiger partial charge in [0, 0.05) is 18.0 Å². The quantitative estimate of drug-likeness (QED) is 0.410. The molecule has 0 fully saturated rings. The molecule has 164 valence electrons. The van der Waals surface area contributed by atoms with Crippen molar-refractivity contribution < 1.29 is 8.42 Å². The lowest BCUT2D eigenvalue weighted by molar-refractivity contribution is 0.597. The molecule has 0 aliphatic heterocycles. The van der Waals surface area contributed by atoms with E-state index in [0.717, 1.165) is 16.7 Å². The lowest BCUT2D eigenvalue weighted by Gasteiger charge is -2.07. The largest absolute Gasteiger partial charge is 0.382 e. The lowest BCUT2D eigenvalue weighted by atomic mass is 10.1. The minimum Gasteiger partial charge on any atom is -0.382 e. The maximum absolute atomic E-state index is 13.7. The van der Waals surface area contributed by atoms with Gasteiger partial charge >= 0.3 is 0 Å². The zero-order chi connectivity index (χ0) is 23.2. The molecule has 3 heterocycles. The number of fused-ring (bicyclic) bond motifs is 2. The van der Waals surface area contributed by atoms with Crippen molar-refractivity contribution >= 4 is 44.1 Å². The van der Waals surface area contributed by atoms with Crippen LogP contribution in [0.25, 0.3) is 22.2 Å². The van der Waals surface area contributed by atoms with E-state index in [1.807, 2.05) is 32.0 Å². The van der Waals surface area contributed by atoms with Crippen LogP contribution in [0, 0.1) is 13.8 Å². The Morgan fingerprint density at radius 2 is 1.73 bits per heavy atom. The van der Waals surface area contributed by atoms with Gasteiger partial charge in [-0.05, 0) is 55.3 Å². The smallest absolute Gasteiger partial charge is 0.212 e. The van der Waals surface area contributed by atoms with Gasteiger partial charge in [-0.2, -0.15) is 9.78 Å². The Balaban J connectivity index is 1.81. The number of anilines is 1. The number of hydrogen-bond acceptors (Lipinski definition) is 7. The van der Waals surface area contributed by atoms with Gasteiger partial charge in [0.25, 0.3) is 0 Å². The molecule has 0 amide bonds. The number of hydrogen-bond donors (Lipinski definition) is 1. The number of nitrogen functional groups attached to an aromatic ring is 1. The highest BCUT2D eigenvalue weighted by atomic mass is 32.2. The molecule has 33 heavy (non-hydrogen) atoms. The van der Waals surface area contributed by atoms with Crippen LogP contribution in [0.2, 0.25) is 0 Å². The van der Waals surface area contributed by atoms with Gasteiger partial charge in [-0.25, -0.2) is 18.4 Å². The van der Waals surface area contributed by atoms with Crippen LogP contribution in [0.4, 0.5) is 5.82 Å². The Morgan fingerprint density at radius 3 is 2.42 bits per heavy atom. The van der Waals surface area contributed by atoms with Crippen LogP contribution >= 0.6 is 0 Å². The van der Waals surface area contributed by atoms with Crippen molar-refractivity contribution in [3.8, 4) is 0 Å². The zero-order valence-corrected chi connectivity index (χ0v) is 18.8. The normalized spacial score (nSPS) is 12.2. The molecule has 0 aliphatic rings. The molecule has 3 aromatic heterocycles. The van der Waals surface area contributed by atoms with Gasteiger partial charge in [0.05, 0.1) is 22.1 Å². The molecular formula is C24H20N6O2S. The van der Waals surface area contributed by atoms with Crippen LogP contribution in [0.5, 0.6) is 0 Å². The van der Waals surface area contributed by atoms with Crippen molar-refractivity contribution in [3.05, 3.63) is 83.7 Å². The van der Waals surface area contributed by atoms with Crippen LogP contribution < -0.4 is 5.73 Å². The lowest BCUT2D eigenvalue weighted by Crippen LogP contribution is -2.07. The molecule has 0 radical (unpaired) electrons. The topological polar surface area (TPSA) is 116 Å². The van der Waals surface area contributed by atoms with Crippen molar-refractivity contribution in [1.82, 2.24) is 19.6 Å². The molecule has 2 aromatic carbocycles. The maximum atomic E-state index is 13.7. The van der Waals surface area contributed by atoms with Crippen LogP contribution in [0.1, 0.15) is 16.7 Å². The molecule has 0 saturated heterocycles. The van der Waals surface area contributed by atoms with Crippen LogP contribution in [-0.4, -0.2) is 34.3 Å². The predicted molar refractivity (Wildman–Crippen MR) is 128 cm³/mol. The van der Waals surface area contributed by atoms with Gasteiger partial charge in [-0.15, -0.1) is 0 Å². The van der Waals surface area contributed by atoms with Gasteiger partial charge in [0.15, 0.2) is 5.65 Å². The molecule has 9 heteroatoms. The van der Waals surface area contributed by atoms with E-state index in [-0.39, 0.29) is 26.8 Å². The van der Waals surface area contributed by atoms with Gasteiger partial charge in [0.1, 0.15) is 16.2 Å². The molecule has 5 aromatic rings. The van der Waals surface area contributed by atoms with E-state index in [0.29, 0.717) is 11.0 Å². The Kier molecular flexibility index (Phi) is 4.90. The third-order valence-corrected chi connectivity index (χ3v) is 7.31. The SMILES string of the molecule is Cc1ccc(S(=O)(=O)c2c(N)n(/N=C\c3cccnc3)c3nc4ccccc4nc23)cc1C. The molecular weight excluding hydrogens is 436 g/mol. The first-order valence-electron chi connectivity index (χ1n) is 10.2. The molecule has 0 bridgehead atoms. The number of benzene rings is 2. The molecule has 0 unspecified atom stereocenters. The summed E-state index contributed by atoms with van der Waals surface area (Å²) in [4.78, 5) is 13.4. The summed E-state index contributed by atoms with van der Waals surface area (Å²) in [5.74, 6) is -0.0568. The number of nitrogens with zero attached hydrogens (tertiary/aromatic N) is 5. The second-order valence-corrected chi connectivity index (χ2v) is 9.58. The summed E-state index contributed by atoms with van der Waals surface area (Å²) in [6.45, 7) is 3.79. The van der Waals surface area contributed by atoms with Crippen molar-refractivity contribution in [1.29, 1.82) is 0 Å². The van der Waals surface area contributed by atoms with Crippen LogP contribution in [-0.2, 0) is 9.84 Å². The summed E-state index contributed by atoms with van der Waals surface area (Å²) in [7, 11) is -4.00. The number of aryl methyl sites for hydroxylation is 2. The highest BCUT2D eigenvalue weighted by molar-refractivity contribution is 7.92. The Bertz CT molecular complexity index is 1660. The van der Waals surface area contributed by atoms with Crippen LogP contribution in [0.15, 0.2) is 81.9 Å². The summed E-state index contributed by atoms with van der Waals surface area (Å²) in [6.07, 6.45) is 4.84. The van der Waals surface area contributed by atoms with E-state index in [1.54, 1.807) is 55.0 Å². The maximum Gasteiger partial charge on any atom is 0.212 e. The average Bonchev–Trinajstić information content (AvgIpc) is 3.09. The number of sulfone groups is 1. The first-order valence-corrected chi connectivity index (χ1v) is 11.7. The fraction of sp³-hybridized carbons (Fsp3) is 0.0833. The minimum atomic E-state index is -4.00. The summed E-state index contributed by atoms with van der Waals surface area (Å²) in [6, 6.07) is 15.8. The highest BCUT2D eigenvalue weighted by Gasteiger charge is 2.30. The van der Waals surface area contributed by atoms with E-state index in [2.05, 4.69) is 20.1 Å². The molecule has 0 atom stereocenters. The molecule has 0 aliphatic carbocycles. The fourth-order valence-corrected chi connectivity index (χ4v) is 5.15. The van der Waals surface area contributed by atoms with E-state index in [4.69, 9.17) is 5.73 Å². The first kappa shape index (κ1) is 20.8. The van der Waals surface area contributed by atoms with Crippen molar-refractivity contribution in [3.63, 3.8) is 0 Å². The molecule has 0 spiro atoms. The molecule has 5 rings (SSSR count). The van der Waals surface area contributed by atoms with Crippen molar-refractivity contribution in [2.75, 3.05) is 5.73 Å². The average molecular weight is 457 g/mol. The molecule has 2 N–H and O–H groups in total. The minimum absolute atomic E-state index is 0.0568. The third-order valence-electron chi connectivity index (χ3n) is 5.49. The number of aromatic nitrogens is 4. The third kappa shape index (κ3) is 3.52. The monoisotopic (exact) mass is 456 g/mol. The summed E-state index contributed by atoms with van der Waals surface area (Å²) in [5.41, 5.74) is 10.6. The number of para-hydroxylation sites is 2. The van der Waals surface area contributed by atoms with Crippen molar-refractivity contribution in [2.24, 2.45) is 5.10 Å². The van der Waals surface area contributed by atoms with Gasteiger partial charge in [0.2, 0.25) is 9.84 Å². The number of rotatable bonds is 4. The second-order valence-electron chi connectivity index (χ2n) is 7.69. The molecule has 0 saturated carbocycles. The van der Waals surface area contributed by atoms with Gasteiger partial charge < -0.3 is 5.73 Å². The van der Waals surface area contributed by atoms with E-state index < -0.39 is 9.84 Å². The Hall–Kier alpha value is -4.11. The highest BCUT2D eigenvalue weighted by Crippen LogP contribution is 2.35. The van der Waals surface area contributed by atoms with Crippen molar-refractivity contribution in [2.45, 2.75) is 23.6 Å². The van der Waals surface area contributed by atoms with Gasteiger partial charge in [-0.1, -0.05) is 24.3 Å². The zero-order valence-electron chi connectivity index (χ0n) is 18.0. The van der Waals surface area contributed by atoms with Crippen LogP contribution in [0.3, 0.4) is 0 Å². The first-order chi connectivity index (χ1) is 15.9. The summed E-state index contributed by atoms with van der Waals surface area (Å²) < 4.78 is 28.8.